The number of hydrogen-bond acceptors (Lipinski definition) is 7. The van der Waals surface area contributed by atoms with Crippen molar-refractivity contribution >= 4 is 11.7 Å². The van der Waals surface area contributed by atoms with Gasteiger partial charge < -0.3 is 24.0 Å². The van der Waals surface area contributed by atoms with E-state index in [4.69, 9.17) is 14.2 Å². The highest BCUT2D eigenvalue weighted by Crippen LogP contribution is 2.35. The quantitative estimate of drug-likeness (QED) is 0.816. The van der Waals surface area contributed by atoms with E-state index in [1.807, 2.05) is 17.9 Å². The first-order valence-electron chi connectivity index (χ1n) is 8.53. The van der Waals surface area contributed by atoms with Crippen molar-refractivity contribution in [3.8, 4) is 17.2 Å². The van der Waals surface area contributed by atoms with Gasteiger partial charge in [0.15, 0.2) is 18.1 Å². The minimum atomic E-state index is -0.0267. The number of ether oxygens (including phenoxy) is 3. The number of anilines is 1. The Morgan fingerprint density at radius 1 is 1.12 bits per heavy atom. The Morgan fingerprint density at radius 2 is 1.92 bits per heavy atom. The van der Waals surface area contributed by atoms with Crippen LogP contribution in [0.2, 0.25) is 0 Å². The average Bonchev–Trinajstić information content (AvgIpc) is 3.14. The summed E-state index contributed by atoms with van der Waals surface area (Å²) in [5, 5.41) is 0. The van der Waals surface area contributed by atoms with Gasteiger partial charge in [0.05, 0.1) is 0 Å². The van der Waals surface area contributed by atoms with E-state index >= 15 is 0 Å². The molecule has 0 radical (unpaired) electrons. The monoisotopic (exact) mass is 356 g/mol. The first-order valence-corrected chi connectivity index (χ1v) is 8.53. The Labute approximate surface area is 151 Å². The third-order valence-electron chi connectivity index (χ3n) is 4.45. The zero-order chi connectivity index (χ0) is 17.9. The maximum atomic E-state index is 12.4. The number of carbonyl (C=O) groups is 1. The van der Waals surface area contributed by atoms with Crippen LogP contribution in [-0.4, -0.2) is 60.4 Å². The molecule has 2 aliphatic heterocycles. The average molecular weight is 356 g/mol. The second-order valence-corrected chi connectivity index (χ2v) is 6.19. The molecule has 1 fully saturated rings. The van der Waals surface area contributed by atoms with Crippen LogP contribution >= 0.6 is 0 Å². The van der Waals surface area contributed by atoms with Gasteiger partial charge in [-0.1, -0.05) is 0 Å². The number of hydrogen-bond donors (Lipinski definition) is 0. The summed E-state index contributed by atoms with van der Waals surface area (Å²) in [5.74, 6) is 2.81. The van der Waals surface area contributed by atoms with Crippen LogP contribution in [0.1, 0.15) is 5.69 Å². The number of rotatable bonds is 4. The maximum absolute atomic E-state index is 12.4. The molecule has 1 saturated heterocycles. The van der Waals surface area contributed by atoms with Crippen molar-refractivity contribution in [2.75, 3.05) is 44.5 Å². The summed E-state index contributed by atoms with van der Waals surface area (Å²) in [5.41, 5.74) is 0.936. The number of fused-ring (bicyclic) bond motifs is 1. The fourth-order valence-electron chi connectivity index (χ4n) is 3.00. The highest BCUT2D eigenvalue weighted by atomic mass is 16.7. The summed E-state index contributed by atoms with van der Waals surface area (Å²) in [4.78, 5) is 24.8. The lowest BCUT2D eigenvalue weighted by Crippen LogP contribution is -2.50. The normalized spacial score (nSPS) is 15.9. The van der Waals surface area contributed by atoms with Crippen LogP contribution in [-0.2, 0) is 4.79 Å². The molecule has 0 saturated carbocycles. The zero-order valence-electron chi connectivity index (χ0n) is 14.6. The van der Waals surface area contributed by atoms with Crippen LogP contribution in [0, 0.1) is 6.92 Å². The third kappa shape index (κ3) is 3.49. The fourth-order valence-corrected chi connectivity index (χ4v) is 3.00. The number of aromatic nitrogens is 2. The third-order valence-corrected chi connectivity index (χ3v) is 4.45. The van der Waals surface area contributed by atoms with Crippen molar-refractivity contribution in [2.24, 2.45) is 0 Å². The molecule has 3 heterocycles. The molecule has 1 aromatic carbocycles. The van der Waals surface area contributed by atoms with Crippen molar-refractivity contribution in [2.45, 2.75) is 6.92 Å². The van der Waals surface area contributed by atoms with Crippen LogP contribution in [0.4, 0.5) is 5.82 Å². The van der Waals surface area contributed by atoms with E-state index in [0.29, 0.717) is 30.3 Å². The van der Waals surface area contributed by atoms with Gasteiger partial charge in [-0.15, -0.1) is 0 Å². The molecule has 8 nitrogen and oxygen atoms in total. The maximum Gasteiger partial charge on any atom is 0.260 e. The van der Waals surface area contributed by atoms with E-state index in [2.05, 4.69) is 14.9 Å². The molecular formula is C18H20N4O4. The molecule has 0 aliphatic carbocycles. The van der Waals surface area contributed by atoms with Crippen molar-refractivity contribution < 1.29 is 19.0 Å². The number of carbonyl (C=O) groups excluding carboxylic acids is 1. The lowest BCUT2D eigenvalue weighted by Gasteiger charge is -2.35. The summed E-state index contributed by atoms with van der Waals surface area (Å²) in [6, 6.07) is 7.26. The Bertz CT molecular complexity index is 806. The number of amides is 1. The number of nitrogens with zero attached hydrogens (tertiary/aromatic N) is 4. The largest absolute Gasteiger partial charge is 0.484 e. The molecule has 0 unspecified atom stereocenters. The standard InChI is InChI=1S/C18H20N4O4/c1-13-8-17(20-11-19-13)21-4-6-22(7-5-21)18(23)10-24-14-2-3-15-16(9-14)26-12-25-15/h2-3,8-9,11H,4-7,10,12H2,1H3. The molecular weight excluding hydrogens is 336 g/mol. The second-order valence-electron chi connectivity index (χ2n) is 6.19. The first kappa shape index (κ1) is 16.4. The Morgan fingerprint density at radius 3 is 2.73 bits per heavy atom. The van der Waals surface area contributed by atoms with Gasteiger partial charge in [-0.2, -0.15) is 0 Å². The highest BCUT2D eigenvalue weighted by Gasteiger charge is 2.22. The van der Waals surface area contributed by atoms with E-state index in [1.54, 1.807) is 24.5 Å². The van der Waals surface area contributed by atoms with E-state index in [0.717, 1.165) is 24.6 Å². The SMILES string of the molecule is Cc1cc(N2CCN(C(=O)COc3ccc4c(c3)OCO4)CC2)ncn1. The van der Waals surface area contributed by atoms with E-state index in [9.17, 15) is 4.79 Å². The predicted octanol–water partition coefficient (Wildman–Crippen LogP) is 1.24. The topological polar surface area (TPSA) is 77.0 Å². The van der Waals surface area contributed by atoms with Crippen LogP contribution in [0.5, 0.6) is 17.2 Å². The minimum Gasteiger partial charge on any atom is -0.484 e. The van der Waals surface area contributed by atoms with Crippen molar-refractivity contribution in [1.29, 1.82) is 0 Å². The van der Waals surface area contributed by atoms with Gasteiger partial charge in [0.25, 0.3) is 5.91 Å². The lowest BCUT2D eigenvalue weighted by molar-refractivity contribution is -0.133. The Hall–Kier alpha value is -3.03. The molecule has 136 valence electrons. The van der Waals surface area contributed by atoms with Gasteiger partial charge in [0.2, 0.25) is 6.79 Å². The molecule has 2 aliphatic rings. The van der Waals surface area contributed by atoms with Crippen molar-refractivity contribution in [3.05, 3.63) is 36.3 Å². The van der Waals surface area contributed by atoms with E-state index in [1.165, 1.54) is 0 Å². The summed E-state index contributed by atoms with van der Waals surface area (Å²) < 4.78 is 16.2. The molecule has 0 N–H and O–H groups in total. The van der Waals surface area contributed by atoms with Gasteiger partial charge in [-0.3, -0.25) is 4.79 Å². The van der Waals surface area contributed by atoms with Crippen molar-refractivity contribution in [3.63, 3.8) is 0 Å². The zero-order valence-corrected chi connectivity index (χ0v) is 14.6. The van der Waals surface area contributed by atoms with E-state index < -0.39 is 0 Å². The lowest BCUT2D eigenvalue weighted by atomic mass is 10.3. The molecule has 0 atom stereocenters. The predicted molar refractivity (Wildman–Crippen MR) is 93.6 cm³/mol. The van der Waals surface area contributed by atoms with Gasteiger partial charge >= 0.3 is 0 Å². The molecule has 4 rings (SSSR count). The molecule has 8 heteroatoms. The van der Waals surface area contributed by atoms with Crippen LogP contribution < -0.4 is 19.1 Å². The summed E-state index contributed by atoms with van der Waals surface area (Å²) in [7, 11) is 0. The summed E-state index contributed by atoms with van der Waals surface area (Å²) >= 11 is 0. The van der Waals surface area contributed by atoms with Crippen molar-refractivity contribution in [1.82, 2.24) is 14.9 Å². The second kappa shape index (κ2) is 7.07. The van der Waals surface area contributed by atoms with Gasteiger partial charge in [-0.05, 0) is 19.1 Å². The van der Waals surface area contributed by atoms with Gasteiger partial charge in [-0.25, -0.2) is 9.97 Å². The smallest absolute Gasteiger partial charge is 0.260 e. The van der Waals surface area contributed by atoms with Crippen LogP contribution in [0.15, 0.2) is 30.6 Å². The molecule has 0 spiro atoms. The molecule has 1 aromatic heterocycles. The molecule has 0 bridgehead atoms. The summed E-state index contributed by atoms with van der Waals surface area (Å²) in [6.45, 7) is 4.94. The summed E-state index contributed by atoms with van der Waals surface area (Å²) in [6.07, 6.45) is 1.57. The Balaban J connectivity index is 1.28. The highest BCUT2D eigenvalue weighted by molar-refractivity contribution is 5.78. The number of aryl methyl sites for hydroxylation is 1. The van der Waals surface area contributed by atoms with Gasteiger partial charge in [0, 0.05) is 44.0 Å². The fraction of sp³-hybridized carbons (Fsp3) is 0.389. The molecule has 26 heavy (non-hydrogen) atoms. The first-order chi connectivity index (χ1) is 12.7. The van der Waals surface area contributed by atoms with Crippen LogP contribution in [0.3, 0.4) is 0 Å². The van der Waals surface area contributed by atoms with Crippen LogP contribution in [0.25, 0.3) is 0 Å². The molecule has 2 aromatic rings. The number of piperazine rings is 1. The number of benzene rings is 1. The minimum absolute atomic E-state index is 0.00621. The van der Waals surface area contributed by atoms with Gasteiger partial charge in [0.1, 0.15) is 17.9 Å². The van der Waals surface area contributed by atoms with E-state index in [-0.39, 0.29) is 19.3 Å². The Kier molecular flexibility index (Phi) is 4.47. The molecule has 1 amide bonds.